The number of halogens is 1. The third-order valence-corrected chi connectivity index (χ3v) is 4.80. The van der Waals surface area contributed by atoms with Crippen LogP contribution in [0.4, 0.5) is 9.18 Å². The first-order valence-electron chi connectivity index (χ1n) is 7.74. The van der Waals surface area contributed by atoms with Gasteiger partial charge in [0, 0.05) is 19.6 Å². The molecule has 3 amide bonds. The smallest absolute Gasteiger partial charge is 0.317 e. The van der Waals surface area contributed by atoms with E-state index in [0.29, 0.717) is 30.9 Å². The van der Waals surface area contributed by atoms with Crippen molar-refractivity contribution in [3.63, 3.8) is 0 Å². The lowest BCUT2D eigenvalue weighted by molar-refractivity contribution is 0.0944. The Morgan fingerprint density at radius 1 is 1.38 bits per heavy atom. The molecule has 0 spiro atoms. The van der Waals surface area contributed by atoms with Crippen LogP contribution in [0.15, 0.2) is 41.8 Å². The van der Waals surface area contributed by atoms with E-state index in [1.54, 1.807) is 17.0 Å². The molecule has 5 nitrogen and oxygen atoms in total. The minimum Gasteiger partial charge on any atom is -0.349 e. The van der Waals surface area contributed by atoms with Gasteiger partial charge in [-0.15, -0.1) is 11.3 Å². The molecule has 3 rings (SSSR count). The second-order valence-electron chi connectivity index (χ2n) is 5.60. The second kappa shape index (κ2) is 7.44. The summed E-state index contributed by atoms with van der Waals surface area (Å²) in [6.45, 7) is 1.48. The van der Waals surface area contributed by atoms with Crippen molar-refractivity contribution in [2.75, 3.05) is 19.6 Å². The molecule has 1 saturated heterocycles. The van der Waals surface area contributed by atoms with Crippen molar-refractivity contribution in [2.24, 2.45) is 0 Å². The molecule has 1 aliphatic heterocycles. The summed E-state index contributed by atoms with van der Waals surface area (Å²) in [6.07, 6.45) is 0.482. The van der Waals surface area contributed by atoms with Gasteiger partial charge in [0.1, 0.15) is 5.82 Å². The number of rotatable bonds is 6. The van der Waals surface area contributed by atoms with Crippen LogP contribution < -0.4 is 10.6 Å². The van der Waals surface area contributed by atoms with Crippen molar-refractivity contribution < 1.29 is 14.0 Å². The maximum atomic E-state index is 13.4. The average Bonchev–Trinajstić information content (AvgIpc) is 3.23. The van der Waals surface area contributed by atoms with E-state index in [2.05, 4.69) is 10.6 Å². The van der Waals surface area contributed by atoms with Crippen molar-refractivity contribution in [2.45, 2.75) is 12.5 Å². The molecule has 7 heteroatoms. The standard InChI is InChI=1S/C17H18FN3O2S/c18-13-4-1-3-12(9-13)10-14(21-7-6-19-17(21)23)11-20-16(22)15-5-2-8-24-15/h1-5,8-9,14H,6-7,10-11H2,(H,19,23)(H,20,22). The van der Waals surface area contributed by atoms with Crippen molar-refractivity contribution in [3.05, 3.63) is 58.0 Å². The molecule has 1 unspecified atom stereocenters. The summed E-state index contributed by atoms with van der Waals surface area (Å²) in [5, 5.41) is 7.48. The third kappa shape index (κ3) is 3.91. The van der Waals surface area contributed by atoms with Crippen LogP contribution in [-0.4, -0.2) is 42.5 Å². The van der Waals surface area contributed by atoms with Crippen LogP contribution in [0, 0.1) is 5.82 Å². The predicted octanol–water partition coefficient (Wildman–Crippen LogP) is 2.25. The summed E-state index contributed by atoms with van der Waals surface area (Å²) >= 11 is 1.37. The normalized spacial score (nSPS) is 15.2. The molecule has 1 fully saturated rings. The predicted molar refractivity (Wildman–Crippen MR) is 90.6 cm³/mol. The Balaban J connectivity index is 1.70. The lowest BCUT2D eigenvalue weighted by Crippen LogP contribution is -2.46. The molecule has 0 aliphatic carbocycles. The molecule has 2 aromatic rings. The minimum absolute atomic E-state index is 0.151. The minimum atomic E-state index is -0.306. The molecule has 2 heterocycles. The van der Waals surface area contributed by atoms with Crippen molar-refractivity contribution in [1.29, 1.82) is 0 Å². The number of nitrogens with one attached hydrogen (secondary N) is 2. The van der Waals surface area contributed by atoms with Gasteiger partial charge in [-0.2, -0.15) is 0 Å². The maximum Gasteiger partial charge on any atom is 0.317 e. The summed E-state index contributed by atoms with van der Waals surface area (Å²) in [5.41, 5.74) is 0.796. The van der Waals surface area contributed by atoms with Gasteiger partial charge < -0.3 is 15.5 Å². The summed E-state index contributed by atoms with van der Waals surface area (Å²) in [5.74, 6) is -0.464. The van der Waals surface area contributed by atoms with E-state index in [4.69, 9.17) is 0 Å². The Kier molecular flexibility index (Phi) is 5.10. The van der Waals surface area contributed by atoms with Gasteiger partial charge >= 0.3 is 6.03 Å². The SMILES string of the molecule is O=C(NCC(Cc1cccc(F)c1)N1CCNC1=O)c1cccs1. The van der Waals surface area contributed by atoms with Gasteiger partial charge in [0.15, 0.2) is 0 Å². The highest BCUT2D eigenvalue weighted by molar-refractivity contribution is 7.12. The molecule has 1 aromatic carbocycles. The monoisotopic (exact) mass is 347 g/mol. The summed E-state index contributed by atoms with van der Waals surface area (Å²) in [4.78, 5) is 26.4. The second-order valence-corrected chi connectivity index (χ2v) is 6.55. The molecule has 1 aromatic heterocycles. The lowest BCUT2D eigenvalue weighted by atomic mass is 10.0. The van der Waals surface area contributed by atoms with Gasteiger partial charge in [-0.05, 0) is 35.6 Å². The highest BCUT2D eigenvalue weighted by Gasteiger charge is 2.28. The highest BCUT2D eigenvalue weighted by Crippen LogP contribution is 2.14. The fourth-order valence-electron chi connectivity index (χ4n) is 2.77. The maximum absolute atomic E-state index is 13.4. The molecule has 126 valence electrons. The zero-order chi connectivity index (χ0) is 16.9. The van der Waals surface area contributed by atoms with Crippen LogP contribution in [0.5, 0.6) is 0 Å². The molecule has 24 heavy (non-hydrogen) atoms. The number of nitrogens with zero attached hydrogens (tertiary/aromatic N) is 1. The summed E-state index contributed by atoms with van der Waals surface area (Å²) < 4.78 is 13.4. The number of hydrogen-bond donors (Lipinski definition) is 2. The lowest BCUT2D eigenvalue weighted by Gasteiger charge is -2.27. The van der Waals surface area contributed by atoms with E-state index >= 15 is 0 Å². The average molecular weight is 347 g/mol. The number of amides is 3. The molecular formula is C17H18FN3O2S. The Hall–Kier alpha value is -2.41. The van der Waals surface area contributed by atoms with Gasteiger partial charge in [-0.25, -0.2) is 9.18 Å². The van der Waals surface area contributed by atoms with Crippen molar-refractivity contribution >= 4 is 23.3 Å². The summed E-state index contributed by atoms with van der Waals surface area (Å²) in [7, 11) is 0. The Morgan fingerprint density at radius 2 is 2.25 bits per heavy atom. The number of carbonyl (C=O) groups is 2. The first-order valence-corrected chi connectivity index (χ1v) is 8.62. The fourth-order valence-corrected chi connectivity index (χ4v) is 3.41. The number of hydrogen-bond acceptors (Lipinski definition) is 3. The van der Waals surface area contributed by atoms with E-state index in [1.165, 1.54) is 23.5 Å². The van der Waals surface area contributed by atoms with Crippen LogP contribution in [0.3, 0.4) is 0 Å². The van der Waals surface area contributed by atoms with Crippen molar-refractivity contribution in [3.8, 4) is 0 Å². The highest BCUT2D eigenvalue weighted by atomic mass is 32.1. The van der Waals surface area contributed by atoms with Gasteiger partial charge in [0.25, 0.3) is 5.91 Å². The van der Waals surface area contributed by atoms with Crippen LogP contribution >= 0.6 is 11.3 Å². The molecular weight excluding hydrogens is 329 g/mol. The molecule has 0 bridgehead atoms. The largest absolute Gasteiger partial charge is 0.349 e. The molecule has 0 saturated carbocycles. The topological polar surface area (TPSA) is 61.4 Å². The molecule has 0 radical (unpaired) electrons. The molecule has 2 N–H and O–H groups in total. The van der Waals surface area contributed by atoms with Crippen LogP contribution in [0.25, 0.3) is 0 Å². The van der Waals surface area contributed by atoms with Gasteiger partial charge in [0.05, 0.1) is 10.9 Å². The Labute approximate surface area is 143 Å². The Bertz CT molecular complexity index is 720. The van der Waals surface area contributed by atoms with Crippen molar-refractivity contribution in [1.82, 2.24) is 15.5 Å². The van der Waals surface area contributed by atoms with Gasteiger partial charge in [0.2, 0.25) is 0 Å². The van der Waals surface area contributed by atoms with Crippen LogP contribution in [0.2, 0.25) is 0 Å². The van der Waals surface area contributed by atoms with E-state index in [-0.39, 0.29) is 23.8 Å². The van der Waals surface area contributed by atoms with E-state index in [9.17, 15) is 14.0 Å². The molecule has 1 atom stereocenters. The van der Waals surface area contributed by atoms with Crippen LogP contribution in [-0.2, 0) is 6.42 Å². The third-order valence-electron chi connectivity index (χ3n) is 3.93. The number of benzene rings is 1. The first-order chi connectivity index (χ1) is 11.6. The summed E-state index contributed by atoms with van der Waals surface area (Å²) in [6, 6.07) is 9.52. The fraction of sp³-hybridized carbons (Fsp3) is 0.294. The Morgan fingerprint density at radius 3 is 2.92 bits per heavy atom. The number of urea groups is 1. The van der Waals surface area contributed by atoms with E-state index < -0.39 is 0 Å². The number of thiophene rings is 1. The zero-order valence-corrected chi connectivity index (χ0v) is 13.8. The van der Waals surface area contributed by atoms with E-state index in [1.807, 2.05) is 17.5 Å². The molecule has 1 aliphatic rings. The quantitative estimate of drug-likeness (QED) is 0.842. The van der Waals surface area contributed by atoms with Gasteiger partial charge in [-0.3, -0.25) is 4.79 Å². The zero-order valence-electron chi connectivity index (χ0n) is 13.0. The first kappa shape index (κ1) is 16.4. The van der Waals surface area contributed by atoms with E-state index in [0.717, 1.165) is 5.56 Å². The van der Waals surface area contributed by atoms with Gasteiger partial charge in [-0.1, -0.05) is 18.2 Å². The van der Waals surface area contributed by atoms with Crippen LogP contribution in [0.1, 0.15) is 15.2 Å². The number of carbonyl (C=O) groups excluding carboxylic acids is 2.